The summed E-state index contributed by atoms with van der Waals surface area (Å²) in [6, 6.07) is 5.03. The molecule has 3 aromatic heterocycles. The zero-order valence-corrected chi connectivity index (χ0v) is 15.5. The van der Waals surface area contributed by atoms with Crippen LogP contribution in [0, 0.1) is 18.3 Å². The van der Waals surface area contributed by atoms with Gasteiger partial charge in [-0.3, -0.25) is 9.89 Å². The lowest BCUT2D eigenvalue weighted by atomic mass is 10.1. The lowest BCUT2D eigenvalue weighted by Crippen LogP contribution is -2.29. The smallest absolute Gasteiger partial charge is 0.204 e. The van der Waals surface area contributed by atoms with E-state index in [1.807, 2.05) is 6.07 Å². The third kappa shape index (κ3) is 4.52. The lowest BCUT2D eigenvalue weighted by molar-refractivity contribution is 0.398. The number of methoxy groups -OCH3 is 1. The van der Waals surface area contributed by atoms with E-state index in [9.17, 15) is 4.79 Å². The van der Waals surface area contributed by atoms with Crippen molar-refractivity contribution in [1.82, 2.24) is 30.5 Å². The predicted octanol–water partition coefficient (Wildman–Crippen LogP) is 1.47. The van der Waals surface area contributed by atoms with E-state index in [-0.39, 0.29) is 11.1 Å². The van der Waals surface area contributed by atoms with Crippen LogP contribution in [0.1, 0.15) is 17.8 Å². The van der Waals surface area contributed by atoms with E-state index in [1.54, 1.807) is 13.0 Å². The van der Waals surface area contributed by atoms with Crippen molar-refractivity contribution in [3.05, 3.63) is 46.1 Å². The maximum atomic E-state index is 12.2. The molecular formula is C18H20N8O2. The van der Waals surface area contributed by atoms with Crippen LogP contribution in [0.2, 0.25) is 0 Å². The molecule has 0 aliphatic carbocycles. The normalized spacial score (nSPS) is 12.2. The van der Waals surface area contributed by atoms with Gasteiger partial charge in [-0.25, -0.2) is 9.97 Å². The van der Waals surface area contributed by atoms with Gasteiger partial charge in [0.15, 0.2) is 16.9 Å². The van der Waals surface area contributed by atoms with Gasteiger partial charge in [0.2, 0.25) is 5.88 Å². The van der Waals surface area contributed by atoms with Gasteiger partial charge in [-0.05, 0) is 26.4 Å². The minimum Gasteiger partial charge on any atom is -0.482 e. The number of hydrogen-bond donors (Lipinski definition) is 4. The van der Waals surface area contributed by atoms with Crippen LogP contribution in [0.25, 0.3) is 11.3 Å². The van der Waals surface area contributed by atoms with Gasteiger partial charge in [-0.2, -0.15) is 10.4 Å². The van der Waals surface area contributed by atoms with Gasteiger partial charge in [0.1, 0.15) is 17.5 Å². The second kappa shape index (κ2) is 8.79. The average molecular weight is 380 g/mol. The molecule has 4 rings (SSSR count). The first-order valence-corrected chi connectivity index (χ1v) is 8.64. The van der Waals surface area contributed by atoms with Gasteiger partial charge in [0.05, 0.1) is 25.2 Å². The number of ether oxygens (including phenoxy) is 1. The Balaban J connectivity index is 0.000000500. The number of nitrogens with zero attached hydrogens (tertiary/aromatic N) is 4. The fourth-order valence-electron chi connectivity index (χ4n) is 2.34. The van der Waals surface area contributed by atoms with Gasteiger partial charge >= 0.3 is 0 Å². The van der Waals surface area contributed by atoms with E-state index in [0.717, 1.165) is 0 Å². The van der Waals surface area contributed by atoms with E-state index >= 15 is 0 Å². The first kappa shape index (κ1) is 19.1. The quantitative estimate of drug-likeness (QED) is 0.532. The second-order valence-electron chi connectivity index (χ2n) is 6.02. The summed E-state index contributed by atoms with van der Waals surface area (Å²) in [5, 5.41) is 21.6. The minimum absolute atomic E-state index is 0.184. The topological polar surface area (TPSA) is 144 Å². The van der Waals surface area contributed by atoms with Gasteiger partial charge in [-0.1, -0.05) is 0 Å². The first-order valence-electron chi connectivity index (χ1n) is 8.64. The Morgan fingerprint density at radius 2 is 1.96 bits per heavy atom. The zero-order valence-electron chi connectivity index (χ0n) is 15.5. The zero-order chi connectivity index (χ0) is 19.9. The molecule has 4 N–H and O–H groups in total. The van der Waals surface area contributed by atoms with Gasteiger partial charge in [0.25, 0.3) is 0 Å². The van der Waals surface area contributed by atoms with E-state index < -0.39 is 0 Å². The molecule has 28 heavy (non-hydrogen) atoms. The Morgan fingerprint density at radius 1 is 1.21 bits per heavy atom. The highest BCUT2D eigenvalue weighted by atomic mass is 16.5. The van der Waals surface area contributed by atoms with Crippen molar-refractivity contribution >= 4 is 11.6 Å². The van der Waals surface area contributed by atoms with Gasteiger partial charge < -0.3 is 20.4 Å². The number of pyridine rings is 1. The number of aromatic nitrogens is 5. The highest BCUT2D eigenvalue weighted by Gasteiger charge is 2.15. The maximum absolute atomic E-state index is 12.2. The summed E-state index contributed by atoms with van der Waals surface area (Å²) in [6.07, 6.45) is 4.16. The van der Waals surface area contributed by atoms with Crippen molar-refractivity contribution in [3.63, 3.8) is 0 Å². The van der Waals surface area contributed by atoms with Crippen molar-refractivity contribution in [2.24, 2.45) is 0 Å². The molecule has 0 saturated carbocycles. The standard InChI is InChI=1S/C15H13N7O2.C3H7N/c1-8-3-11(23)14(15(19-8)24-2)10-4-12(22-21-10)20-13-7-17-9(5-16)6-18-13;1-2-4-3-1/h3-4,6-7H,1-2H3,(H,19,23)(H2,18,20,21,22);4H,1-3H2. The summed E-state index contributed by atoms with van der Waals surface area (Å²) >= 11 is 0. The molecule has 1 fully saturated rings. The molecule has 0 aromatic carbocycles. The predicted molar refractivity (Wildman–Crippen MR) is 103 cm³/mol. The summed E-state index contributed by atoms with van der Waals surface area (Å²) in [5.74, 6) is 1.23. The van der Waals surface area contributed by atoms with Crippen LogP contribution in [-0.4, -0.2) is 45.3 Å². The Kier molecular flexibility index (Phi) is 5.98. The Labute approximate surface area is 161 Å². The molecule has 3 aromatic rings. The molecule has 1 saturated heterocycles. The fourth-order valence-corrected chi connectivity index (χ4v) is 2.34. The monoisotopic (exact) mass is 380 g/mol. The number of nitriles is 1. The summed E-state index contributed by atoms with van der Waals surface area (Å²) < 4.78 is 5.24. The maximum Gasteiger partial charge on any atom is 0.204 e. The van der Waals surface area contributed by atoms with E-state index in [1.165, 1.54) is 45.1 Å². The highest BCUT2D eigenvalue weighted by Crippen LogP contribution is 2.25. The second-order valence-corrected chi connectivity index (χ2v) is 6.02. The molecular weight excluding hydrogens is 360 g/mol. The molecule has 0 radical (unpaired) electrons. The van der Waals surface area contributed by atoms with Crippen LogP contribution in [0.15, 0.2) is 29.3 Å². The molecule has 0 spiro atoms. The summed E-state index contributed by atoms with van der Waals surface area (Å²) in [5.41, 5.74) is 1.59. The number of aryl methyl sites for hydroxylation is 1. The van der Waals surface area contributed by atoms with Crippen molar-refractivity contribution in [2.45, 2.75) is 13.3 Å². The molecule has 0 amide bonds. The Hall–Kier alpha value is -3.71. The van der Waals surface area contributed by atoms with E-state index in [2.05, 4.69) is 35.8 Å². The average Bonchev–Trinajstić information content (AvgIpc) is 3.08. The molecule has 0 unspecified atom stereocenters. The third-order valence-corrected chi connectivity index (χ3v) is 3.91. The molecule has 0 bridgehead atoms. The molecule has 10 heteroatoms. The van der Waals surface area contributed by atoms with Crippen LogP contribution in [0.3, 0.4) is 0 Å². The number of H-pyrrole nitrogens is 2. The van der Waals surface area contributed by atoms with Crippen molar-refractivity contribution < 1.29 is 4.74 Å². The largest absolute Gasteiger partial charge is 0.482 e. The summed E-state index contributed by atoms with van der Waals surface area (Å²) in [7, 11) is 1.48. The van der Waals surface area contributed by atoms with Crippen LogP contribution < -0.4 is 20.8 Å². The summed E-state index contributed by atoms with van der Waals surface area (Å²) in [6.45, 7) is 4.28. The Bertz CT molecular complexity index is 1020. The van der Waals surface area contributed by atoms with Crippen molar-refractivity contribution in [2.75, 3.05) is 25.5 Å². The molecule has 1 aliphatic rings. The van der Waals surface area contributed by atoms with Gasteiger partial charge in [0, 0.05) is 17.8 Å². The van der Waals surface area contributed by atoms with E-state index in [0.29, 0.717) is 34.5 Å². The number of hydrogen-bond acceptors (Lipinski definition) is 8. The van der Waals surface area contributed by atoms with Crippen molar-refractivity contribution in [1.29, 1.82) is 5.26 Å². The molecule has 144 valence electrons. The fraction of sp³-hybridized carbons (Fsp3) is 0.278. The van der Waals surface area contributed by atoms with Crippen LogP contribution in [0.4, 0.5) is 11.6 Å². The van der Waals surface area contributed by atoms with Crippen molar-refractivity contribution in [3.8, 4) is 23.2 Å². The third-order valence-electron chi connectivity index (χ3n) is 3.91. The lowest BCUT2D eigenvalue weighted by Gasteiger charge is -2.09. The van der Waals surface area contributed by atoms with Gasteiger partial charge in [-0.15, -0.1) is 0 Å². The number of aromatic amines is 2. The SMILES string of the molecule is C1CNC1.COc1[nH]c(C)cc(=O)c1-c1cc(Nc2cnc(C#N)cn2)n[nH]1. The summed E-state index contributed by atoms with van der Waals surface area (Å²) in [4.78, 5) is 23.2. The van der Waals surface area contributed by atoms with Crippen LogP contribution in [0.5, 0.6) is 5.88 Å². The Morgan fingerprint density at radius 3 is 2.54 bits per heavy atom. The number of rotatable bonds is 4. The van der Waals surface area contributed by atoms with Crippen LogP contribution >= 0.6 is 0 Å². The molecule has 1 aliphatic heterocycles. The number of nitrogens with one attached hydrogen (secondary N) is 4. The first-order chi connectivity index (χ1) is 13.6. The highest BCUT2D eigenvalue weighted by molar-refractivity contribution is 5.68. The molecule has 10 nitrogen and oxygen atoms in total. The molecule has 0 atom stereocenters. The minimum atomic E-state index is -0.184. The number of anilines is 2. The molecule has 4 heterocycles. The van der Waals surface area contributed by atoms with Crippen LogP contribution in [-0.2, 0) is 0 Å². The van der Waals surface area contributed by atoms with E-state index in [4.69, 9.17) is 10.00 Å².